The highest BCUT2D eigenvalue weighted by Gasteiger charge is 2.33. The first kappa shape index (κ1) is 15.8. The van der Waals surface area contributed by atoms with Gasteiger partial charge in [-0.3, -0.25) is 4.79 Å². The first-order valence-electron chi connectivity index (χ1n) is 7.67. The van der Waals surface area contributed by atoms with Crippen LogP contribution in [0.15, 0.2) is 42.6 Å². The average Bonchev–Trinajstić information content (AvgIpc) is 2.57. The summed E-state index contributed by atoms with van der Waals surface area (Å²) in [6, 6.07) is 12.9. The molecule has 1 aromatic carbocycles. The molecule has 0 saturated carbocycles. The van der Waals surface area contributed by atoms with Crippen molar-refractivity contribution in [2.45, 2.75) is 6.10 Å². The monoisotopic (exact) mass is 322 g/mol. The van der Waals surface area contributed by atoms with Gasteiger partial charge >= 0.3 is 0 Å². The summed E-state index contributed by atoms with van der Waals surface area (Å²) < 4.78 is 5.71. The van der Waals surface area contributed by atoms with Crippen molar-refractivity contribution < 1.29 is 9.53 Å². The van der Waals surface area contributed by atoms with Gasteiger partial charge in [-0.1, -0.05) is 6.07 Å². The second kappa shape index (κ2) is 6.59. The number of pyridine rings is 1. The molecule has 1 amide bonds. The number of ether oxygens (including phenoxy) is 1. The van der Waals surface area contributed by atoms with Crippen LogP contribution >= 0.6 is 0 Å². The van der Waals surface area contributed by atoms with E-state index in [1.807, 2.05) is 43.3 Å². The lowest BCUT2D eigenvalue weighted by atomic mass is 10.1. The second-order valence-electron chi connectivity index (χ2n) is 5.86. The van der Waals surface area contributed by atoms with Crippen LogP contribution in [0.2, 0.25) is 0 Å². The normalized spacial score (nSPS) is 13.8. The predicted molar refractivity (Wildman–Crippen MR) is 90.0 cm³/mol. The van der Waals surface area contributed by atoms with E-state index in [2.05, 4.69) is 11.1 Å². The summed E-state index contributed by atoms with van der Waals surface area (Å²) in [7, 11) is 3.88. The Morgan fingerprint density at radius 2 is 2.12 bits per heavy atom. The summed E-state index contributed by atoms with van der Waals surface area (Å²) in [6.45, 7) is 0.985. The van der Waals surface area contributed by atoms with Crippen molar-refractivity contribution in [1.82, 2.24) is 9.88 Å². The van der Waals surface area contributed by atoms with Crippen molar-refractivity contribution in [3.8, 4) is 11.9 Å². The molecule has 0 bridgehead atoms. The van der Waals surface area contributed by atoms with Gasteiger partial charge in [0.2, 0.25) is 5.88 Å². The molecule has 0 atom stereocenters. The highest BCUT2D eigenvalue weighted by molar-refractivity contribution is 5.95. The van der Waals surface area contributed by atoms with E-state index >= 15 is 0 Å². The summed E-state index contributed by atoms with van der Waals surface area (Å²) in [6.07, 6.45) is 1.46. The third kappa shape index (κ3) is 3.15. The van der Waals surface area contributed by atoms with Gasteiger partial charge in [-0.2, -0.15) is 5.26 Å². The first-order valence-corrected chi connectivity index (χ1v) is 7.67. The lowest BCUT2D eigenvalue weighted by Crippen LogP contribution is -2.56. The molecule has 24 heavy (non-hydrogen) atoms. The molecule has 0 N–H and O–H groups in total. The van der Waals surface area contributed by atoms with Crippen molar-refractivity contribution in [3.63, 3.8) is 0 Å². The van der Waals surface area contributed by atoms with Gasteiger partial charge < -0.3 is 14.5 Å². The summed E-state index contributed by atoms with van der Waals surface area (Å²) in [5.74, 6) is 0.312. The van der Waals surface area contributed by atoms with Crippen LogP contribution in [0.1, 0.15) is 15.9 Å². The first-order chi connectivity index (χ1) is 11.6. The van der Waals surface area contributed by atoms with Gasteiger partial charge in [0, 0.05) is 31.5 Å². The van der Waals surface area contributed by atoms with E-state index in [-0.39, 0.29) is 12.0 Å². The third-order valence-electron chi connectivity index (χ3n) is 3.91. The standard InChI is InChI=1S/C18H18N4O2/c1-21(2)15-7-3-5-13(9-15)18(23)22-11-16(12-22)24-17-14(10-19)6-4-8-20-17/h3-9,16H,11-12H2,1-2H3. The van der Waals surface area contributed by atoms with E-state index < -0.39 is 0 Å². The molecule has 1 saturated heterocycles. The van der Waals surface area contributed by atoms with Crippen LogP contribution in [-0.2, 0) is 0 Å². The number of amides is 1. The molecule has 0 radical (unpaired) electrons. The summed E-state index contributed by atoms with van der Waals surface area (Å²) >= 11 is 0. The molecular weight excluding hydrogens is 304 g/mol. The number of benzene rings is 1. The van der Waals surface area contributed by atoms with Gasteiger partial charge in [-0.05, 0) is 30.3 Å². The summed E-state index contributed by atoms with van der Waals surface area (Å²) in [5.41, 5.74) is 2.05. The van der Waals surface area contributed by atoms with Crippen LogP contribution in [0.25, 0.3) is 0 Å². The number of carbonyl (C=O) groups excluding carboxylic acids is 1. The second-order valence-corrected chi connectivity index (χ2v) is 5.86. The van der Waals surface area contributed by atoms with Gasteiger partial charge in [0.1, 0.15) is 17.7 Å². The van der Waals surface area contributed by atoms with Crippen molar-refractivity contribution in [3.05, 3.63) is 53.7 Å². The number of carbonyl (C=O) groups is 1. The van der Waals surface area contributed by atoms with E-state index in [0.29, 0.717) is 30.1 Å². The summed E-state index contributed by atoms with van der Waals surface area (Å²) in [5, 5.41) is 9.04. The molecular formula is C18H18N4O2. The Labute approximate surface area is 140 Å². The molecule has 1 fully saturated rings. The zero-order valence-electron chi connectivity index (χ0n) is 13.6. The van der Waals surface area contributed by atoms with Crippen molar-refractivity contribution in [1.29, 1.82) is 5.26 Å². The van der Waals surface area contributed by atoms with Gasteiger partial charge in [-0.25, -0.2) is 4.98 Å². The Kier molecular flexibility index (Phi) is 4.34. The Morgan fingerprint density at radius 1 is 1.33 bits per heavy atom. The van der Waals surface area contributed by atoms with Gasteiger partial charge in [0.05, 0.1) is 13.1 Å². The zero-order valence-corrected chi connectivity index (χ0v) is 13.6. The third-order valence-corrected chi connectivity index (χ3v) is 3.91. The van der Waals surface area contributed by atoms with Crippen LogP contribution in [0, 0.1) is 11.3 Å². The largest absolute Gasteiger partial charge is 0.470 e. The molecule has 122 valence electrons. The maximum Gasteiger partial charge on any atom is 0.254 e. The van der Waals surface area contributed by atoms with Crippen molar-refractivity contribution >= 4 is 11.6 Å². The van der Waals surface area contributed by atoms with Crippen LogP contribution in [0.5, 0.6) is 5.88 Å². The molecule has 2 aromatic rings. The maximum atomic E-state index is 12.5. The number of hydrogen-bond acceptors (Lipinski definition) is 5. The minimum atomic E-state index is -0.131. The van der Waals surface area contributed by atoms with E-state index in [1.165, 1.54) is 0 Å². The van der Waals surface area contributed by atoms with Crippen molar-refractivity contribution in [2.24, 2.45) is 0 Å². The average molecular weight is 322 g/mol. The van der Waals surface area contributed by atoms with Gasteiger partial charge in [0.25, 0.3) is 5.91 Å². The Balaban J connectivity index is 1.61. The summed E-state index contributed by atoms with van der Waals surface area (Å²) in [4.78, 5) is 20.3. The highest BCUT2D eigenvalue weighted by atomic mass is 16.5. The number of nitriles is 1. The molecule has 6 nitrogen and oxygen atoms in total. The SMILES string of the molecule is CN(C)c1cccc(C(=O)N2CC(Oc3ncccc3C#N)C2)c1. The fourth-order valence-electron chi connectivity index (χ4n) is 2.51. The topological polar surface area (TPSA) is 69.5 Å². The van der Waals surface area contributed by atoms with Gasteiger partial charge in [-0.15, -0.1) is 0 Å². The smallest absolute Gasteiger partial charge is 0.254 e. The molecule has 0 aliphatic carbocycles. The Bertz CT molecular complexity index is 792. The number of aromatic nitrogens is 1. The molecule has 1 aromatic heterocycles. The number of hydrogen-bond donors (Lipinski definition) is 0. The molecule has 1 aliphatic heterocycles. The fraction of sp³-hybridized carbons (Fsp3) is 0.278. The minimum absolute atomic E-state index is 0.0138. The lowest BCUT2D eigenvalue weighted by molar-refractivity contribution is 0.0159. The highest BCUT2D eigenvalue weighted by Crippen LogP contribution is 2.22. The molecule has 2 heterocycles. The lowest BCUT2D eigenvalue weighted by Gasteiger charge is -2.38. The molecule has 3 rings (SSSR count). The molecule has 0 unspecified atom stereocenters. The van der Waals surface area contributed by atoms with Crippen LogP contribution in [0.4, 0.5) is 5.69 Å². The van der Waals surface area contributed by atoms with Crippen LogP contribution in [0.3, 0.4) is 0 Å². The van der Waals surface area contributed by atoms with E-state index in [4.69, 9.17) is 10.00 Å². The fourth-order valence-corrected chi connectivity index (χ4v) is 2.51. The zero-order chi connectivity index (χ0) is 17.1. The van der Waals surface area contributed by atoms with E-state index in [9.17, 15) is 4.79 Å². The van der Waals surface area contributed by atoms with E-state index in [1.54, 1.807) is 23.2 Å². The van der Waals surface area contributed by atoms with Crippen LogP contribution < -0.4 is 9.64 Å². The number of rotatable bonds is 4. The number of likely N-dealkylation sites (tertiary alicyclic amines) is 1. The molecule has 6 heteroatoms. The Morgan fingerprint density at radius 3 is 2.83 bits per heavy atom. The number of anilines is 1. The van der Waals surface area contributed by atoms with Gasteiger partial charge in [0.15, 0.2) is 0 Å². The Hall–Kier alpha value is -3.07. The van der Waals surface area contributed by atoms with E-state index in [0.717, 1.165) is 5.69 Å². The molecule has 0 spiro atoms. The quantitative estimate of drug-likeness (QED) is 0.860. The van der Waals surface area contributed by atoms with Crippen LogP contribution in [-0.4, -0.2) is 49.1 Å². The predicted octanol–water partition coefficient (Wildman–Crippen LogP) is 1.92. The number of nitrogens with zero attached hydrogens (tertiary/aromatic N) is 4. The molecule has 1 aliphatic rings. The van der Waals surface area contributed by atoms with Crippen molar-refractivity contribution in [2.75, 3.05) is 32.1 Å². The minimum Gasteiger partial charge on any atom is -0.470 e. The maximum absolute atomic E-state index is 12.5.